The zero-order valence-corrected chi connectivity index (χ0v) is 11.9. The van der Waals surface area contributed by atoms with Gasteiger partial charge in [0.25, 0.3) is 0 Å². The maximum atomic E-state index is 13.7. The molecule has 0 aromatic heterocycles. The van der Waals surface area contributed by atoms with Gasteiger partial charge in [-0.1, -0.05) is 0 Å². The number of hydrogen-bond acceptors (Lipinski definition) is 1. The summed E-state index contributed by atoms with van der Waals surface area (Å²) in [4.78, 5) is 11.8. The van der Waals surface area contributed by atoms with Gasteiger partial charge in [-0.05, 0) is 0 Å². The molecule has 2 aromatic carbocycles. The number of hydrogen-bond donors (Lipinski definition) is 0. The van der Waals surface area contributed by atoms with Gasteiger partial charge in [-0.25, -0.2) is 39.5 Å². The number of carbonyl (C=O) groups is 1. The third kappa shape index (κ3) is 3.00. The quantitative estimate of drug-likeness (QED) is 0.287. The molecule has 0 bridgehead atoms. The summed E-state index contributed by atoms with van der Waals surface area (Å²) in [5.74, 6) is -29.3. The smallest absolute Gasteiger partial charge is 0.288 e. The Hall–Kier alpha value is -2.73. The van der Waals surface area contributed by atoms with E-state index in [1.165, 1.54) is 0 Å². The van der Waals surface area contributed by atoms with Gasteiger partial charge in [-0.15, -0.1) is 0 Å². The molecule has 0 aliphatic heterocycles. The van der Waals surface area contributed by atoms with Crippen molar-refractivity contribution in [3.8, 4) is 0 Å². The predicted molar refractivity (Wildman–Crippen MR) is 60.9 cm³/mol. The molecule has 0 fully saturated rings. The van der Waals surface area contributed by atoms with Gasteiger partial charge in [-0.3, -0.25) is 4.79 Å². The number of ketones is 1. The second-order valence-electron chi connectivity index (χ2n) is 4.78. The van der Waals surface area contributed by atoms with Crippen molar-refractivity contribution in [2.75, 3.05) is 0 Å². The highest BCUT2D eigenvalue weighted by Crippen LogP contribution is 2.38. The van der Waals surface area contributed by atoms with E-state index in [1.807, 2.05) is 0 Å². The minimum Gasteiger partial charge on any atom is -0.288 e. The lowest BCUT2D eigenvalue weighted by Crippen LogP contribution is -2.21. The molecule has 0 unspecified atom stereocenters. The van der Waals surface area contributed by atoms with Crippen molar-refractivity contribution >= 4 is 5.78 Å². The Bertz CT molecular complexity index is 918. The fraction of sp³-hybridized carbons (Fsp3) is 0.0714. The van der Waals surface area contributed by atoms with Gasteiger partial charge in [0.1, 0.15) is 16.7 Å². The molecule has 0 spiro atoms. The van der Waals surface area contributed by atoms with E-state index in [4.69, 9.17) is 0 Å². The molecule has 0 saturated heterocycles. The zero-order valence-electron chi connectivity index (χ0n) is 11.9. The lowest BCUT2D eigenvalue weighted by atomic mass is 9.98. The monoisotopic (exact) mass is 412 g/mol. The van der Waals surface area contributed by atoms with Crippen molar-refractivity contribution in [2.24, 2.45) is 0 Å². The summed E-state index contributed by atoms with van der Waals surface area (Å²) >= 11 is 0. The highest BCUT2D eigenvalue weighted by atomic mass is 19.4. The molecule has 0 radical (unpaired) electrons. The van der Waals surface area contributed by atoms with E-state index < -0.39 is 81.0 Å². The second-order valence-corrected chi connectivity index (χ2v) is 4.78. The molecule has 0 aliphatic rings. The highest BCUT2D eigenvalue weighted by molar-refractivity contribution is 6.09. The molecule has 146 valence electrons. The molecule has 2 aromatic rings. The molecule has 27 heavy (non-hydrogen) atoms. The Morgan fingerprint density at radius 3 is 1.04 bits per heavy atom. The van der Waals surface area contributed by atoms with Crippen LogP contribution in [0, 0.1) is 52.4 Å². The topological polar surface area (TPSA) is 17.1 Å². The lowest BCUT2D eigenvalue weighted by Gasteiger charge is -2.14. The minimum atomic E-state index is -5.98. The Morgan fingerprint density at radius 1 is 0.481 bits per heavy atom. The van der Waals surface area contributed by atoms with Crippen LogP contribution < -0.4 is 0 Å². The third-order valence-electron chi connectivity index (χ3n) is 3.21. The van der Waals surface area contributed by atoms with Crippen LogP contribution in [0.25, 0.3) is 0 Å². The highest BCUT2D eigenvalue weighted by Gasteiger charge is 2.44. The number of alkyl halides is 3. The van der Waals surface area contributed by atoms with Crippen LogP contribution in [0.15, 0.2) is 0 Å². The van der Waals surface area contributed by atoms with E-state index in [0.29, 0.717) is 0 Å². The van der Waals surface area contributed by atoms with Crippen LogP contribution in [0.3, 0.4) is 0 Å². The zero-order chi connectivity index (χ0) is 21.0. The summed E-state index contributed by atoms with van der Waals surface area (Å²) in [7, 11) is 0. The number of rotatable bonds is 2. The van der Waals surface area contributed by atoms with Crippen molar-refractivity contribution in [2.45, 2.75) is 6.18 Å². The van der Waals surface area contributed by atoms with Crippen molar-refractivity contribution < 1.29 is 57.5 Å². The molecule has 0 atom stereocenters. The van der Waals surface area contributed by atoms with E-state index in [1.54, 1.807) is 0 Å². The maximum Gasteiger partial charge on any atom is 0.422 e. The second kappa shape index (κ2) is 6.46. The van der Waals surface area contributed by atoms with E-state index in [0.717, 1.165) is 0 Å². The number of carbonyl (C=O) groups excluding carboxylic acids is 1. The molecular formula is C14F12O. The first-order valence-corrected chi connectivity index (χ1v) is 6.22. The summed E-state index contributed by atoms with van der Waals surface area (Å²) < 4.78 is 158. The van der Waals surface area contributed by atoms with Crippen molar-refractivity contribution in [1.29, 1.82) is 0 Å². The van der Waals surface area contributed by atoms with Gasteiger partial charge in [-0.2, -0.15) is 13.2 Å². The lowest BCUT2D eigenvalue weighted by molar-refractivity contribution is -0.143. The first kappa shape index (κ1) is 20.6. The summed E-state index contributed by atoms with van der Waals surface area (Å²) in [6.45, 7) is 0. The largest absolute Gasteiger partial charge is 0.422 e. The summed E-state index contributed by atoms with van der Waals surface area (Å²) in [5.41, 5.74) is -8.25. The molecule has 2 rings (SSSR count). The van der Waals surface area contributed by atoms with Crippen LogP contribution in [0.4, 0.5) is 52.7 Å². The molecule has 0 saturated carbocycles. The van der Waals surface area contributed by atoms with Gasteiger partial charge in [0, 0.05) is 0 Å². The van der Waals surface area contributed by atoms with Crippen molar-refractivity contribution in [3.63, 3.8) is 0 Å². The maximum absolute atomic E-state index is 13.7. The van der Waals surface area contributed by atoms with Gasteiger partial charge >= 0.3 is 6.18 Å². The summed E-state index contributed by atoms with van der Waals surface area (Å²) in [6, 6.07) is 0. The third-order valence-corrected chi connectivity index (χ3v) is 3.21. The Labute approximate surface area is 139 Å². The van der Waals surface area contributed by atoms with Crippen LogP contribution in [0.5, 0.6) is 0 Å². The van der Waals surface area contributed by atoms with E-state index >= 15 is 0 Å². The number of benzene rings is 2. The van der Waals surface area contributed by atoms with Crippen LogP contribution in [-0.4, -0.2) is 5.78 Å². The minimum absolute atomic E-state index is 2.53. The van der Waals surface area contributed by atoms with E-state index in [9.17, 15) is 57.5 Å². The van der Waals surface area contributed by atoms with Crippen LogP contribution in [-0.2, 0) is 6.18 Å². The van der Waals surface area contributed by atoms with E-state index in [2.05, 4.69) is 0 Å². The van der Waals surface area contributed by atoms with Gasteiger partial charge in [0.15, 0.2) is 46.5 Å². The Morgan fingerprint density at radius 2 is 0.741 bits per heavy atom. The van der Waals surface area contributed by atoms with Crippen LogP contribution in [0.1, 0.15) is 21.5 Å². The molecule has 0 aliphatic carbocycles. The average molecular weight is 412 g/mol. The molecule has 0 amide bonds. The van der Waals surface area contributed by atoms with E-state index in [-0.39, 0.29) is 0 Å². The first-order chi connectivity index (χ1) is 12.2. The Balaban J connectivity index is 2.89. The van der Waals surface area contributed by atoms with Crippen molar-refractivity contribution in [3.05, 3.63) is 69.0 Å². The fourth-order valence-corrected chi connectivity index (χ4v) is 2.01. The Kier molecular flexibility index (Phi) is 4.92. The van der Waals surface area contributed by atoms with Crippen molar-refractivity contribution in [1.82, 2.24) is 0 Å². The fourth-order valence-electron chi connectivity index (χ4n) is 2.01. The van der Waals surface area contributed by atoms with Crippen LogP contribution >= 0.6 is 0 Å². The number of halogens is 12. The van der Waals surface area contributed by atoms with Gasteiger partial charge < -0.3 is 0 Å². The van der Waals surface area contributed by atoms with Crippen LogP contribution in [0.2, 0.25) is 0 Å². The molecule has 0 N–H and O–H groups in total. The summed E-state index contributed by atoms with van der Waals surface area (Å²) in [5, 5.41) is 0. The average Bonchev–Trinajstić information content (AvgIpc) is 2.56. The SMILES string of the molecule is O=C(c1c(F)c(F)c(F)c(F)c1F)c1c(F)c(F)c(C(F)(F)F)c(F)c1F. The van der Waals surface area contributed by atoms with Gasteiger partial charge in [0.05, 0.1) is 0 Å². The molecule has 13 heteroatoms. The molecule has 0 heterocycles. The standard InChI is InChI=1S/C14F12O/c15-4-1(5(16)9(20)3(8(4)19)14(24,25)26)13(27)2-6(17)10(21)12(23)11(22)7(2)18. The van der Waals surface area contributed by atoms with Gasteiger partial charge in [0.2, 0.25) is 11.6 Å². The summed E-state index contributed by atoms with van der Waals surface area (Å²) in [6.07, 6.45) is -5.98. The molecular weight excluding hydrogens is 412 g/mol. The predicted octanol–water partition coefficient (Wildman–Crippen LogP) is 5.19. The normalized spacial score (nSPS) is 11.9. The first-order valence-electron chi connectivity index (χ1n) is 6.22. The molecule has 1 nitrogen and oxygen atoms in total.